The minimum Gasteiger partial charge on any atom is -0.356 e. The summed E-state index contributed by atoms with van der Waals surface area (Å²) >= 11 is 0. The second-order valence-electron chi connectivity index (χ2n) is 7.29. The molecule has 26 heavy (non-hydrogen) atoms. The third kappa shape index (κ3) is 2.99. The van der Waals surface area contributed by atoms with Crippen LogP contribution in [0.15, 0.2) is 48.5 Å². The van der Waals surface area contributed by atoms with Gasteiger partial charge in [-0.15, -0.1) is 0 Å². The average Bonchev–Trinajstić information content (AvgIpc) is 3.01. The van der Waals surface area contributed by atoms with Crippen molar-refractivity contribution in [2.75, 3.05) is 6.54 Å². The van der Waals surface area contributed by atoms with Crippen molar-refractivity contribution in [1.82, 2.24) is 10.4 Å². The van der Waals surface area contributed by atoms with Gasteiger partial charge >= 0.3 is 0 Å². The lowest BCUT2D eigenvalue weighted by atomic mass is 9.70. The van der Waals surface area contributed by atoms with Crippen molar-refractivity contribution >= 4 is 11.8 Å². The predicted octanol–water partition coefficient (Wildman–Crippen LogP) is 2.71. The summed E-state index contributed by atoms with van der Waals surface area (Å²) in [6.07, 6.45) is 3.23. The lowest BCUT2D eigenvalue weighted by molar-refractivity contribution is -0.128. The van der Waals surface area contributed by atoms with Crippen LogP contribution in [0.5, 0.6) is 0 Å². The highest BCUT2D eigenvalue weighted by molar-refractivity contribution is 5.94. The Morgan fingerprint density at radius 2 is 1.92 bits per heavy atom. The van der Waals surface area contributed by atoms with E-state index in [1.807, 2.05) is 42.5 Å². The van der Waals surface area contributed by atoms with Gasteiger partial charge in [0.15, 0.2) is 0 Å². The van der Waals surface area contributed by atoms with Crippen LogP contribution >= 0.6 is 0 Å². The molecule has 1 aliphatic heterocycles. The molecule has 4 rings (SSSR count). The Kier molecular flexibility index (Phi) is 4.24. The van der Waals surface area contributed by atoms with E-state index in [9.17, 15) is 14.8 Å². The van der Waals surface area contributed by atoms with Gasteiger partial charge in [0.1, 0.15) is 0 Å². The average molecular weight is 350 g/mol. The third-order valence-corrected chi connectivity index (χ3v) is 5.64. The second kappa shape index (κ2) is 6.57. The third-order valence-electron chi connectivity index (χ3n) is 5.64. The first-order valence-electron chi connectivity index (χ1n) is 9.02. The Morgan fingerprint density at radius 3 is 2.65 bits per heavy atom. The molecule has 1 atom stereocenters. The second-order valence-corrected chi connectivity index (χ2v) is 7.29. The standard InChI is InChI=1S/C21H22N2O3/c24-19(23(26)14-15-4-2-1-3-5-15)17-7-6-16-8-9-21(13-18(16)12-17)10-11-22-20(21)25/h1-7,12,26H,8-11,13-14H2,(H,22,25)/t21-/m1/s1. The fourth-order valence-corrected chi connectivity index (χ4v) is 4.10. The van der Waals surface area contributed by atoms with Gasteiger partial charge in [0.05, 0.1) is 12.0 Å². The number of carbonyl (C=O) groups is 2. The van der Waals surface area contributed by atoms with Crippen molar-refractivity contribution in [3.8, 4) is 0 Å². The van der Waals surface area contributed by atoms with E-state index in [0.29, 0.717) is 12.0 Å². The maximum Gasteiger partial charge on any atom is 0.277 e. The van der Waals surface area contributed by atoms with Crippen molar-refractivity contribution in [2.24, 2.45) is 5.41 Å². The van der Waals surface area contributed by atoms with Crippen LogP contribution in [0, 0.1) is 5.41 Å². The SMILES string of the molecule is O=C(c1ccc2c(c1)C[C@]1(CCNC1=O)CC2)N(O)Cc1ccccc1. The molecule has 2 aliphatic rings. The Balaban J connectivity index is 1.54. The number of nitrogens with zero attached hydrogens (tertiary/aromatic N) is 1. The topological polar surface area (TPSA) is 69.6 Å². The molecule has 0 aromatic heterocycles. The van der Waals surface area contributed by atoms with Crippen LogP contribution in [0.3, 0.4) is 0 Å². The molecule has 2 aromatic carbocycles. The number of carbonyl (C=O) groups excluding carboxylic acids is 2. The molecule has 1 aliphatic carbocycles. The van der Waals surface area contributed by atoms with E-state index in [1.165, 1.54) is 5.56 Å². The summed E-state index contributed by atoms with van der Waals surface area (Å²) < 4.78 is 0. The van der Waals surface area contributed by atoms with E-state index >= 15 is 0 Å². The number of hydrogen-bond acceptors (Lipinski definition) is 3. The van der Waals surface area contributed by atoms with Gasteiger partial charge in [0.25, 0.3) is 5.91 Å². The number of fused-ring (bicyclic) bond motifs is 1. The molecule has 1 heterocycles. The number of hydroxylamine groups is 2. The first-order chi connectivity index (χ1) is 12.6. The van der Waals surface area contributed by atoms with E-state index in [4.69, 9.17) is 0 Å². The van der Waals surface area contributed by atoms with Gasteiger partial charge in [-0.05, 0) is 54.5 Å². The summed E-state index contributed by atoms with van der Waals surface area (Å²) in [4.78, 5) is 24.9. The van der Waals surface area contributed by atoms with E-state index in [2.05, 4.69) is 5.32 Å². The summed E-state index contributed by atoms with van der Waals surface area (Å²) in [6.45, 7) is 0.872. The van der Waals surface area contributed by atoms with E-state index in [0.717, 1.165) is 42.0 Å². The normalized spacial score (nSPS) is 21.3. The van der Waals surface area contributed by atoms with E-state index in [1.54, 1.807) is 6.07 Å². The molecule has 5 nitrogen and oxygen atoms in total. The van der Waals surface area contributed by atoms with E-state index in [-0.39, 0.29) is 17.9 Å². The molecule has 2 amide bonds. The van der Waals surface area contributed by atoms with Crippen molar-refractivity contribution in [2.45, 2.75) is 32.2 Å². The maximum atomic E-state index is 12.6. The van der Waals surface area contributed by atoms with Gasteiger partial charge < -0.3 is 5.32 Å². The highest BCUT2D eigenvalue weighted by atomic mass is 16.5. The highest BCUT2D eigenvalue weighted by Gasteiger charge is 2.44. The smallest absolute Gasteiger partial charge is 0.277 e. The zero-order chi connectivity index (χ0) is 18.1. The molecule has 2 N–H and O–H groups in total. The van der Waals surface area contributed by atoms with Crippen LogP contribution in [0.1, 0.15) is 39.9 Å². The number of rotatable bonds is 3. The summed E-state index contributed by atoms with van der Waals surface area (Å²) in [5, 5.41) is 13.9. The Hall–Kier alpha value is -2.66. The van der Waals surface area contributed by atoms with Crippen LogP contribution < -0.4 is 5.32 Å². The zero-order valence-corrected chi connectivity index (χ0v) is 14.6. The fourth-order valence-electron chi connectivity index (χ4n) is 4.10. The molecule has 5 heteroatoms. The first kappa shape index (κ1) is 16.8. The quantitative estimate of drug-likeness (QED) is 0.661. The summed E-state index contributed by atoms with van der Waals surface area (Å²) in [6, 6.07) is 14.9. The maximum absolute atomic E-state index is 12.6. The molecule has 1 saturated heterocycles. The lowest BCUT2D eigenvalue weighted by Crippen LogP contribution is -2.36. The Labute approximate surface area is 152 Å². The minimum absolute atomic E-state index is 0.132. The Bertz CT molecular complexity index is 850. The number of amides is 2. The van der Waals surface area contributed by atoms with Gasteiger partial charge in [-0.25, -0.2) is 5.06 Å². The zero-order valence-electron chi connectivity index (χ0n) is 14.6. The minimum atomic E-state index is -0.424. The van der Waals surface area contributed by atoms with Crippen molar-refractivity contribution in [1.29, 1.82) is 0 Å². The van der Waals surface area contributed by atoms with Crippen LogP contribution in [0.4, 0.5) is 0 Å². The first-order valence-corrected chi connectivity index (χ1v) is 9.02. The van der Waals surface area contributed by atoms with Crippen LogP contribution in [-0.2, 0) is 24.2 Å². The van der Waals surface area contributed by atoms with Crippen LogP contribution in [-0.4, -0.2) is 28.6 Å². The Morgan fingerprint density at radius 1 is 1.12 bits per heavy atom. The number of aryl methyl sites for hydroxylation is 1. The molecule has 1 fully saturated rings. The molecule has 0 unspecified atom stereocenters. The van der Waals surface area contributed by atoms with Crippen molar-refractivity contribution < 1.29 is 14.8 Å². The van der Waals surface area contributed by atoms with Gasteiger partial charge in [-0.3, -0.25) is 14.8 Å². The van der Waals surface area contributed by atoms with Crippen LogP contribution in [0.25, 0.3) is 0 Å². The van der Waals surface area contributed by atoms with Gasteiger partial charge in [0, 0.05) is 12.1 Å². The number of hydrogen-bond donors (Lipinski definition) is 2. The lowest BCUT2D eigenvalue weighted by Gasteiger charge is -2.32. The van der Waals surface area contributed by atoms with Gasteiger partial charge in [-0.2, -0.15) is 0 Å². The number of nitrogens with one attached hydrogen (secondary N) is 1. The van der Waals surface area contributed by atoms with Gasteiger partial charge in [-0.1, -0.05) is 36.4 Å². The molecule has 0 saturated carbocycles. The summed E-state index contributed by atoms with van der Waals surface area (Å²) in [7, 11) is 0. The van der Waals surface area contributed by atoms with Gasteiger partial charge in [0.2, 0.25) is 5.91 Å². The molecule has 134 valence electrons. The van der Waals surface area contributed by atoms with Crippen molar-refractivity contribution in [3.05, 3.63) is 70.8 Å². The summed E-state index contributed by atoms with van der Waals surface area (Å²) in [5.74, 6) is -0.292. The van der Waals surface area contributed by atoms with E-state index < -0.39 is 5.91 Å². The largest absolute Gasteiger partial charge is 0.356 e. The molecular formula is C21H22N2O3. The molecule has 0 radical (unpaired) electrons. The predicted molar refractivity (Wildman–Crippen MR) is 96.6 cm³/mol. The summed E-state index contributed by atoms with van der Waals surface area (Å²) in [5.41, 5.74) is 3.24. The molecule has 1 spiro atoms. The highest BCUT2D eigenvalue weighted by Crippen LogP contribution is 2.41. The molecular weight excluding hydrogens is 328 g/mol. The monoisotopic (exact) mass is 350 g/mol. The molecule has 0 bridgehead atoms. The van der Waals surface area contributed by atoms with Crippen LogP contribution in [0.2, 0.25) is 0 Å². The molecule has 2 aromatic rings. The number of benzene rings is 2. The van der Waals surface area contributed by atoms with Crippen molar-refractivity contribution in [3.63, 3.8) is 0 Å². The fraction of sp³-hybridized carbons (Fsp3) is 0.333.